The lowest BCUT2D eigenvalue weighted by Crippen LogP contribution is -2.50. The Morgan fingerprint density at radius 1 is 1.29 bits per heavy atom. The van der Waals surface area contributed by atoms with Crippen LogP contribution >= 0.6 is 0 Å². The van der Waals surface area contributed by atoms with E-state index in [1.807, 2.05) is 11.0 Å². The van der Waals surface area contributed by atoms with Crippen molar-refractivity contribution in [2.45, 2.75) is 25.6 Å². The zero-order valence-electron chi connectivity index (χ0n) is 13.7. The fraction of sp³-hybridized carbons (Fsp3) is 0.444. The molecule has 6 heteroatoms. The summed E-state index contributed by atoms with van der Waals surface area (Å²) in [5, 5.41) is 3.84. The third-order valence-electron chi connectivity index (χ3n) is 4.78. The van der Waals surface area contributed by atoms with Gasteiger partial charge in [0.2, 0.25) is 0 Å². The molecule has 2 fully saturated rings. The van der Waals surface area contributed by atoms with Gasteiger partial charge in [0.05, 0.1) is 18.8 Å². The molecule has 2 saturated heterocycles. The summed E-state index contributed by atoms with van der Waals surface area (Å²) in [6.07, 6.45) is 0.0689. The predicted octanol–water partition coefficient (Wildman–Crippen LogP) is 1.71. The molecular formula is C18H21N3O3. The quantitative estimate of drug-likeness (QED) is 0.859. The van der Waals surface area contributed by atoms with Gasteiger partial charge in [0.25, 0.3) is 5.91 Å². The van der Waals surface area contributed by atoms with Crippen LogP contribution in [0.4, 0.5) is 0 Å². The SMILES string of the molecule is Cc1cc(C(=O)N2CC3OCCN(Cc4ccccc4)C3C2)no1. The van der Waals surface area contributed by atoms with E-state index < -0.39 is 0 Å². The molecule has 0 spiro atoms. The van der Waals surface area contributed by atoms with Crippen LogP contribution in [0.15, 0.2) is 40.9 Å². The molecule has 2 aliphatic heterocycles. The molecule has 1 amide bonds. The largest absolute Gasteiger partial charge is 0.373 e. The molecule has 126 valence electrons. The van der Waals surface area contributed by atoms with Crippen LogP contribution in [-0.2, 0) is 11.3 Å². The zero-order chi connectivity index (χ0) is 16.5. The van der Waals surface area contributed by atoms with E-state index in [9.17, 15) is 4.79 Å². The van der Waals surface area contributed by atoms with Gasteiger partial charge < -0.3 is 14.2 Å². The van der Waals surface area contributed by atoms with Crippen molar-refractivity contribution < 1.29 is 14.1 Å². The van der Waals surface area contributed by atoms with Crippen molar-refractivity contribution in [3.63, 3.8) is 0 Å². The molecule has 24 heavy (non-hydrogen) atoms. The van der Waals surface area contributed by atoms with Crippen molar-refractivity contribution in [2.24, 2.45) is 0 Å². The Morgan fingerprint density at radius 2 is 2.12 bits per heavy atom. The van der Waals surface area contributed by atoms with Crippen LogP contribution in [0.5, 0.6) is 0 Å². The Morgan fingerprint density at radius 3 is 2.88 bits per heavy atom. The molecule has 4 rings (SSSR count). The maximum atomic E-state index is 12.6. The smallest absolute Gasteiger partial charge is 0.276 e. The Labute approximate surface area is 141 Å². The first-order valence-corrected chi connectivity index (χ1v) is 8.33. The molecule has 0 saturated carbocycles. The number of carbonyl (C=O) groups excluding carboxylic acids is 1. The van der Waals surface area contributed by atoms with E-state index >= 15 is 0 Å². The number of fused-ring (bicyclic) bond motifs is 1. The highest BCUT2D eigenvalue weighted by Crippen LogP contribution is 2.25. The number of morpholine rings is 1. The standard InChI is InChI=1S/C18H21N3O3/c1-13-9-15(19-24-13)18(22)21-11-16-17(12-21)23-8-7-20(16)10-14-5-3-2-4-6-14/h2-6,9,16-17H,7-8,10-12H2,1H3. The molecule has 0 N–H and O–H groups in total. The van der Waals surface area contributed by atoms with Gasteiger partial charge in [-0.2, -0.15) is 0 Å². The minimum absolute atomic E-state index is 0.0689. The predicted molar refractivity (Wildman–Crippen MR) is 87.5 cm³/mol. The number of hydrogen-bond donors (Lipinski definition) is 0. The number of benzene rings is 1. The third kappa shape index (κ3) is 2.95. The summed E-state index contributed by atoms with van der Waals surface area (Å²) in [6, 6.07) is 12.3. The molecule has 1 aromatic heterocycles. The third-order valence-corrected chi connectivity index (χ3v) is 4.78. The Balaban J connectivity index is 1.47. The summed E-state index contributed by atoms with van der Waals surface area (Å²) in [6.45, 7) is 5.55. The lowest BCUT2D eigenvalue weighted by Gasteiger charge is -2.36. The number of nitrogens with zero attached hydrogens (tertiary/aromatic N) is 3. The van der Waals surface area contributed by atoms with Gasteiger partial charge in [-0.15, -0.1) is 0 Å². The van der Waals surface area contributed by atoms with Crippen LogP contribution in [0.3, 0.4) is 0 Å². The molecule has 2 aliphatic rings. The van der Waals surface area contributed by atoms with Crippen molar-refractivity contribution in [3.05, 3.63) is 53.4 Å². The molecule has 0 radical (unpaired) electrons. The topological polar surface area (TPSA) is 58.8 Å². The highest BCUT2D eigenvalue weighted by Gasteiger charge is 2.42. The number of aryl methyl sites for hydroxylation is 1. The van der Waals surface area contributed by atoms with Gasteiger partial charge in [-0.05, 0) is 12.5 Å². The molecule has 2 unspecified atom stereocenters. The molecule has 0 bridgehead atoms. The number of hydrogen-bond acceptors (Lipinski definition) is 5. The van der Waals surface area contributed by atoms with Crippen LogP contribution in [0, 0.1) is 6.92 Å². The fourth-order valence-corrected chi connectivity index (χ4v) is 3.57. The minimum Gasteiger partial charge on any atom is -0.373 e. The molecule has 0 aliphatic carbocycles. The number of likely N-dealkylation sites (tertiary alicyclic amines) is 1. The summed E-state index contributed by atoms with van der Waals surface area (Å²) in [4.78, 5) is 16.8. The van der Waals surface area contributed by atoms with Crippen LogP contribution in [0.2, 0.25) is 0 Å². The van der Waals surface area contributed by atoms with Crippen molar-refractivity contribution in [1.82, 2.24) is 15.0 Å². The number of ether oxygens (including phenoxy) is 1. The summed E-state index contributed by atoms with van der Waals surface area (Å²) < 4.78 is 10.9. The van der Waals surface area contributed by atoms with Crippen LogP contribution in [-0.4, -0.2) is 59.3 Å². The van der Waals surface area contributed by atoms with E-state index in [0.29, 0.717) is 31.2 Å². The molecule has 2 atom stereocenters. The first-order valence-electron chi connectivity index (χ1n) is 8.33. The number of amides is 1. The average Bonchev–Trinajstić information content (AvgIpc) is 3.22. The van der Waals surface area contributed by atoms with Crippen molar-refractivity contribution in [3.8, 4) is 0 Å². The molecule has 3 heterocycles. The van der Waals surface area contributed by atoms with Gasteiger partial charge >= 0.3 is 0 Å². The van der Waals surface area contributed by atoms with Gasteiger partial charge in [0, 0.05) is 32.2 Å². The lowest BCUT2D eigenvalue weighted by molar-refractivity contribution is -0.0503. The fourth-order valence-electron chi connectivity index (χ4n) is 3.57. The van der Waals surface area contributed by atoms with E-state index in [0.717, 1.165) is 13.1 Å². The van der Waals surface area contributed by atoms with Crippen molar-refractivity contribution in [1.29, 1.82) is 0 Å². The second kappa shape index (κ2) is 6.37. The normalized spacial score (nSPS) is 24.1. The number of carbonyl (C=O) groups is 1. The van der Waals surface area contributed by atoms with E-state index in [1.165, 1.54) is 5.56 Å². The molecule has 6 nitrogen and oxygen atoms in total. The summed E-state index contributed by atoms with van der Waals surface area (Å²) >= 11 is 0. The summed E-state index contributed by atoms with van der Waals surface area (Å²) in [7, 11) is 0. The van der Waals surface area contributed by atoms with Gasteiger partial charge in [-0.25, -0.2) is 0 Å². The second-order valence-corrected chi connectivity index (χ2v) is 6.47. The summed E-state index contributed by atoms with van der Waals surface area (Å²) in [5.74, 6) is 0.571. The summed E-state index contributed by atoms with van der Waals surface area (Å²) in [5.41, 5.74) is 1.66. The monoisotopic (exact) mass is 327 g/mol. The van der Waals surface area contributed by atoms with E-state index in [-0.39, 0.29) is 18.1 Å². The first-order chi connectivity index (χ1) is 11.7. The van der Waals surface area contributed by atoms with Crippen LogP contribution in [0.1, 0.15) is 21.8 Å². The Kier molecular flexibility index (Phi) is 4.08. The highest BCUT2D eigenvalue weighted by atomic mass is 16.5. The van der Waals surface area contributed by atoms with Crippen LogP contribution < -0.4 is 0 Å². The van der Waals surface area contributed by atoms with Gasteiger partial charge in [-0.1, -0.05) is 35.5 Å². The van der Waals surface area contributed by atoms with Gasteiger partial charge in [0.1, 0.15) is 5.76 Å². The number of aromatic nitrogens is 1. The van der Waals surface area contributed by atoms with E-state index in [2.05, 4.69) is 34.3 Å². The van der Waals surface area contributed by atoms with E-state index in [1.54, 1.807) is 13.0 Å². The Bertz CT molecular complexity index is 715. The van der Waals surface area contributed by atoms with Gasteiger partial charge in [-0.3, -0.25) is 9.69 Å². The molecular weight excluding hydrogens is 306 g/mol. The highest BCUT2D eigenvalue weighted by molar-refractivity contribution is 5.92. The maximum absolute atomic E-state index is 12.6. The van der Waals surface area contributed by atoms with Crippen molar-refractivity contribution in [2.75, 3.05) is 26.2 Å². The molecule has 2 aromatic rings. The second-order valence-electron chi connectivity index (χ2n) is 6.47. The maximum Gasteiger partial charge on any atom is 0.276 e. The van der Waals surface area contributed by atoms with Crippen LogP contribution in [0.25, 0.3) is 0 Å². The van der Waals surface area contributed by atoms with Crippen molar-refractivity contribution >= 4 is 5.91 Å². The number of rotatable bonds is 3. The molecule has 1 aromatic carbocycles. The zero-order valence-corrected chi connectivity index (χ0v) is 13.7. The first kappa shape index (κ1) is 15.4. The lowest BCUT2D eigenvalue weighted by atomic mass is 10.1. The Hall–Kier alpha value is -2.18. The minimum atomic E-state index is -0.0792. The van der Waals surface area contributed by atoms with Gasteiger partial charge in [0.15, 0.2) is 5.69 Å². The van der Waals surface area contributed by atoms with E-state index in [4.69, 9.17) is 9.26 Å². The average molecular weight is 327 g/mol.